The SMILES string of the molecule is CC(C)NS(=O)(=O)c1ccc(C(=O)NCCCOC(C)C)cc1. The minimum absolute atomic E-state index is 0.146. The van der Waals surface area contributed by atoms with E-state index in [-0.39, 0.29) is 22.9 Å². The molecule has 0 unspecified atom stereocenters. The molecule has 1 aromatic rings. The topological polar surface area (TPSA) is 84.5 Å². The number of benzene rings is 1. The molecular weight excluding hydrogens is 316 g/mol. The quantitative estimate of drug-likeness (QED) is 0.672. The first-order chi connectivity index (χ1) is 10.7. The van der Waals surface area contributed by atoms with E-state index in [1.165, 1.54) is 24.3 Å². The van der Waals surface area contributed by atoms with Crippen molar-refractivity contribution in [1.29, 1.82) is 0 Å². The van der Waals surface area contributed by atoms with E-state index >= 15 is 0 Å². The van der Waals surface area contributed by atoms with Crippen LogP contribution in [0.2, 0.25) is 0 Å². The molecule has 0 aliphatic rings. The average molecular weight is 342 g/mol. The second kappa shape index (κ2) is 9.00. The van der Waals surface area contributed by atoms with E-state index in [0.29, 0.717) is 18.7 Å². The van der Waals surface area contributed by atoms with Crippen LogP contribution in [0.5, 0.6) is 0 Å². The summed E-state index contributed by atoms with van der Waals surface area (Å²) >= 11 is 0. The van der Waals surface area contributed by atoms with Crippen LogP contribution in [0.4, 0.5) is 0 Å². The van der Waals surface area contributed by atoms with Gasteiger partial charge >= 0.3 is 0 Å². The molecule has 0 spiro atoms. The minimum Gasteiger partial charge on any atom is -0.379 e. The summed E-state index contributed by atoms with van der Waals surface area (Å²) in [7, 11) is -3.53. The molecule has 0 saturated carbocycles. The van der Waals surface area contributed by atoms with Crippen molar-refractivity contribution in [3.63, 3.8) is 0 Å². The molecule has 0 fully saturated rings. The highest BCUT2D eigenvalue weighted by molar-refractivity contribution is 7.89. The average Bonchev–Trinajstić information content (AvgIpc) is 2.45. The third-order valence-electron chi connectivity index (χ3n) is 2.88. The van der Waals surface area contributed by atoms with E-state index in [1.807, 2.05) is 13.8 Å². The molecule has 23 heavy (non-hydrogen) atoms. The van der Waals surface area contributed by atoms with Crippen LogP contribution in [0.3, 0.4) is 0 Å². The highest BCUT2D eigenvalue weighted by Crippen LogP contribution is 2.11. The number of carbonyl (C=O) groups excluding carboxylic acids is 1. The van der Waals surface area contributed by atoms with Gasteiger partial charge in [-0.3, -0.25) is 4.79 Å². The molecule has 0 atom stereocenters. The van der Waals surface area contributed by atoms with E-state index in [0.717, 1.165) is 6.42 Å². The van der Waals surface area contributed by atoms with Crippen molar-refractivity contribution >= 4 is 15.9 Å². The van der Waals surface area contributed by atoms with Crippen molar-refractivity contribution in [3.05, 3.63) is 29.8 Å². The van der Waals surface area contributed by atoms with E-state index in [2.05, 4.69) is 10.0 Å². The molecule has 2 N–H and O–H groups in total. The lowest BCUT2D eigenvalue weighted by Crippen LogP contribution is -2.30. The fraction of sp³-hybridized carbons (Fsp3) is 0.562. The van der Waals surface area contributed by atoms with Crippen LogP contribution < -0.4 is 10.0 Å². The van der Waals surface area contributed by atoms with Gasteiger partial charge in [0.05, 0.1) is 11.0 Å². The molecule has 0 saturated heterocycles. The molecule has 0 aromatic heterocycles. The highest BCUT2D eigenvalue weighted by atomic mass is 32.2. The van der Waals surface area contributed by atoms with Crippen molar-refractivity contribution in [1.82, 2.24) is 10.0 Å². The van der Waals surface area contributed by atoms with E-state index in [9.17, 15) is 13.2 Å². The Bertz CT molecular complexity index is 595. The maximum Gasteiger partial charge on any atom is 0.251 e. The first-order valence-electron chi connectivity index (χ1n) is 7.74. The minimum atomic E-state index is -3.53. The molecule has 0 heterocycles. The van der Waals surface area contributed by atoms with Gasteiger partial charge in [0.1, 0.15) is 0 Å². The van der Waals surface area contributed by atoms with E-state index in [1.54, 1.807) is 13.8 Å². The predicted molar refractivity (Wildman–Crippen MR) is 89.9 cm³/mol. The normalized spacial score (nSPS) is 11.9. The fourth-order valence-corrected chi connectivity index (χ4v) is 3.11. The Balaban J connectivity index is 2.54. The van der Waals surface area contributed by atoms with Crippen LogP contribution in [0.25, 0.3) is 0 Å². The van der Waals surface area contributed by atoms with E-state index < -0.39 is 10.0 Å². The maximum absolute atomic E-state index is 12.0. The predicted octanol–water partition coefficient (Wildman–Crippen LogP) is 1.92. The van der Waals surface area contributed by atoms with Crippen molar-refractivity contribution in [3.8, 4) is 0 Å². The van der Waals surface area contributed by atoms with Crippen molar-refractivity contribution in [2.45, 2.75) is 51.2 Å². The zero-order valence-corrected chi connectivity index (χ0v) is 14.9. The molecule has 7 heteroatoms. The number of nitrogens with one attached hydrogen (secondary N) is 2. The van der Waals surface area contributed by atoms with Crippen LogP contribution in [-0.2, 0) is 14.8 Å². The summed E-state index contributed by atoms with van der Waals surface area (Å²) in [6.07, 6.45) is 0.911. The summed E-state index contributed by atoms with van der Waals surface area (Å²) in [6, 6.07) is 5.70. The summed E-state index contributed by atoms with van der Waals surface area (Å²) in [4.78, 5) is 12.1. The van der Waals surface area contributed by atoms with Crippen molar-refractivity contribution in [2.75, 3.05) is 13.2 Å². The van der Waals surface area contributed by atoms with Gasteiger partial charge in [0.15, 0.2) is 0 Å². The number of ether oxygens (including phenoxy) is 1. The molecule has 130 valence electrons. The summed E-state index contributed by atoms with van der Waals surface area (Å²) in [5.41, 5.74) is 0.429. The van der Waals surface area contributed by atoms with Crippen LogP contribution in [-0.4, -0.2) is 39.6 Å². The third-order valence-corrected chi connectivity index (χ3v) is 4.55. The van der Waals surface area contributed by atoms with Crippen molar-refractivity contribution in [2.24, 2.45) is 0 Å². The monoisotopic (exact) mass is 342 g/mol. The lowest BCUT2D eigenvalue weighted by Gasteiger charge is -2.10. The number of rotatable bonds is 9. The molecular formula is C16H26N2O4S. The van der Waals surface area contributed by atoms with Crippen LogP contribution >= 0.6 is 0 Å². The summed E-state index contributed by atoms with van der Waals surface area (Å²) < 4.78 is 31.9. The zero-order valence-electron chi connectivity index (χ0n) is 14.1. The second-order valence-corrected chi connectivity index (χ2v) is 7.54. The van der Waals surface area contributed by atoms with E-state index in [4.69, 9.17) is 4.74 Å². The highest BCUT2D eigenvalue weighted by Gasteiger charge is 2.15. The van der Waals surface area contributed by atoms with Crippen LogP contribution in [0.15, 0.2) is 29.2 Å². The molecule has 1 rings (SSSR count). The first-order valence-corrected chi connectivity index (χ1v) is 9.23. The smallest absolute Gasteiger partial charge is 0.251 e. The summed E-state index contributed by atoms with van der Waals surface area (Å²) in [6.45, 7) is 8.53. The van der Waals surface area contributed by atoms with Gasteiger partial charge in [0.25, 0.3) is 5.91 Å². The molecule has 6 nitrogen and oxygen atoms in total. The molecule has 0 radical (unpaired) electrons. The molecule has 1 aromatic carbocycles. The fourth-order valence-electron chi connectivity index (χ4n) is 1.86. The lowest BCUT2D eigenvalue weighted by atomic mass is 10.2. The molecule has 1 amide bonds. The molecule has 0 aliphatic heterocycles. The lowest BCUT2D eigenvalue weighted by molar-refractivity contribution is 0.0757. The van der Waals surface area contributed by atoms with Gasteiger partial charge in [-0.1, -0.05) is 0 Å². The maximum atomic E-state index is 12.0. The van der Waals surface area contributed by atoms with Gasteiger partial charge < -0.3 is 10.1 Å². The second-order valence-electron chi connectivity index (χ2n) is 5.83. The third kappa shape index (κ3) is 7.11. The number of hydrogen-bond donors (Lipinski definition) is 2. The van der Waals surface area contributed by atoms with Gasteiger partial charge in [0.2, 0.25) is 10.0 Å². The molecule has 0 bridgehead atoms. The van der Waals surface area contributed by atoms with Crippen molar-refractivity contribution < 1.29 is 17.9 Å². The number of sulfonamides is 1. The largest absolute Gasteiger partial charge is 0.379 e. The Kier molecular flexibility index (Phi) is 7.67. The van der Waals surface area contributed by atoms with Gasteiger partial charge in [-0.25, -0.2) is 13.1 Å². The summed E-state index contributed by atoms with van der Waals surface area (Å²) in [5, 5.41) is 2.78. The Morgan fingerprint density at radius 2 is 1.74 bits per heavy atom. The Hall–Kier alpha value is -1.44. The number of carbonyl (C=O) groups is 1. The van der Waals surface area contributed by atoms with Crippen LogP contribution in [0, 0.1) is 0 Å². The Morgan fingerprint density at radius 3 is 2.26 bits per heavy atom. The number of hydrogen-bond acceptors (Lipinski definition) is 4. The first kappa shape index (κ1) is 19.6. The number of amides is 1. The van der Waals surface area contributed by atoms with Gasteiger partial charge in [-0.05, 0) is 58.4 Å². The van der Waals surface area contributed by atoms with Gasteiger partial charge in [-0.15, -0.1) is 0 Å². The Labute approximate surface area is 138 Å². The van der Waals surface area contributed by atoms with Crippen LogP contribution in [0.1, 0.15) is 44.5 Å². The zero-order chi connectivity index (χ0) is 17.5. The Morgan fingerprint density at radius 1 is 1.13 bits per heavy atom. The summed E-state index contributed by atoms with van der Waals surface area (Å²) in [5.74, 6) is -0.227. The van der Waals surface area contributed by atoms with Gasteiger partial charge in [-0.2, -0.15) is 0 Å². The standard InChI is InChI=1S/C16H26N2O4S/c1-12(2)18-23(20,21)15-8-6-14(7-9-15)16(19)17-10-5-11-22-13(3)4/h6-9,12-13,18H,5,10-11H2,1-4H3,(H,17,19). The van der Waals surface area contributed by atoms with Gasteiger partial charge in [0, 0.05) is 24.8 Å². The molecule has 0 aliphatic carbocycles.